The maximum atomic E-state index is 13.4. The van der Waals surface area contributed by atoms with E-state index < -0.39 is 27.8 Å². The molecule has 100 valence electrons. The second kappa shape index (κ2) is 4.83. The van der Waals surface area contributed by atoms with Crippen molar-refractivity contribution >= 4 is 11.6 Å². The number of nitrogens with one attached hydrogen (secondary N) is 1. The highest BCUT2D eigenvalue weighted by atomic mass is 35.5. The van der Waals surface area contributed by atoms with E-state index in [1.807, 2.05) is 0 Å². The van der Waals surface area contributed by atoms with Gasteiger partial charge in [0.15, 0.2) is 5.15 Å². The molecule has 0 aromatic carbocycles. The van der Waals surface area contributed by atoms with Gasteiger partial charge in [-0.25, -0.2) is 4.79 Å². The number of halogens is 2. The number of hydrogen-bond donors (Lipinski definition) is 1. The van der Waals surface area contributed by atoms with Crippen LogP contribution in [0.3, 0.4) is 0 Å². The third kappa shape index (κ3) is 2.21. The van der Waals surface area contributed by atoms with Crippen molar-refractivity contribution in [1.82, 2.24) is 9.55 Å². The molecule has 1 unspecified atom stereocenters. The van der Waals surface area contributed by atoms with Crippen LogP contribution in [0.5, 0.6) is 0 Å². The molecule has 1 aliphatic heterocycles. The van der Waals surface area contributed by atoms with Gasteiger partial charge in [0, 0.05) is 20.1 Å². The molecule has 6 nitrogen and oxygen atoms in total. The molecule has 1 aromatic rings. The minimum absolute atomic E-state index is 0.0776. The summed E-state index contributed by atoms with van der Waals surface area (Å²) in [6, 6.07) is 0. The Balaban J connectivity index is 2.44. The van der Waals surface area contributed by atoms with Crippen molar-refractivity contribution < 1.29 is 13.9 Å². The first kappa shape index (κ1) is 13.3. The molecule has 1 atom stereocenters. The summed E-state index contributed by atoms with van der Waals surface area (Å²) in [6.45, 7) is 0.641. The topological polar surface area (TPSA) is 73.3 Å². The first-order chi connectivity index (χ1) is 8.49. The van der Waals surface area contributed by atoms with E-state index >= 15 is 0 Å². The fourth-order valence-corrected chi connectivity index (χ4v) is 2.05. The summed E-state index contributed by atoms with van der Waals surface area (Å²) in [5, 5.41) is -0.588. The number of ether oxygens (including phenoxy) is 2. The molecule has 0 aliphatic carbocycles. The molecule has 18 heavy (non-hydrogen) atoms. The molecular weight excluding hydrogens is 267 g/mol. The molecule has 0 amide bonds. The molecule has 0 spiro atoms. The normalized spacial score (nSPS) is 23.5. The van der Waals surface area contributed by atoms with Gasteiger partial charge >= 0.3 is 5.69 Å². The largest absolute Gasteiger partial charge is 0.378 e. The van der Waals surface area contributed by atoms with Crippen LogP contribution < -0.4 is 11.2 Å². The van der Waals surface area contributed by atoms with Crippen molar-refractivity contribution in [3.05, 3.63) is 31.8 Å². The van der Waals surface area contributed by atoms with E-state index in [2.05, 4.69) is 4.98 Å². The van der Waals surface area contributed by atoms with Crippen molar-refractivity contribution in [2.24, 2.45) is 0 Å². The zero-order valence-electron chi connectivity index (χ0n) is 9.66. The number of aromatic nitrogens is 2. The average molecular weight is 279 g/mol. The third-order valence-corrected chi connectivity index (χ3v) is 3.29. The van der Waals surface area contributed by atoms with Crippen LogP contribution in [0.25, 0.3) is 0 Å². The molecule has 0 radical (unpaired) electrons. The minimum Gasteiger partial charge on any atom is -0.378 e. The van der Waals surface area contributed by atoms with Gasteiger partial charge in [-0.15, -0.1) is 0 Å². The van der Waals surface area contributed by atoms with Crippen LogP contribution in [-0.4, -0.2) is 35.5 Å². The molecule has 1 aromatic heterocycles. The van der Waals surface area contributed by atoms with Crippen LogP contribution in [0.1, 0.15) is 6.42 Å². The highest BCUT2D eigenvalue weighted by Crippen LogP contribution is 2.23. The lowest BCUT2D eigenvalue weighted by Crippen LogP contribution is -2.46. The molecule has 8 heteroatoms. The molecule has 0 bridgehead atoms. The van der Waals surface area contributed by atoms with Crippen molar-refractivity contribution in [3.8, 4) is 0 Å². The Hall–Kier alpha value is -1.18. The highest BCUT2D eigenvalue weighted by molar-refractivity contribution is 6.29. The van der Waals surface area contributed by atoms with Gasteiger partial charge in [-0.3, -0.25) is 14.3 Å². The number of aromatic amines is 1. The standard InChI is InChI=1S/C10H12ClFN2O4/c1-17-10(2-3-18-5-10)4-14-8(15)6(12)7(11)13-9(14)16/h2-5H2,1H3,(H,13,16). The summed E-state index contributed by atoms with van der Waals surface area (Å²) in [7, 11) is 1.46. The lowest BCUT2D eigenvalue weighted by Gasteiger charge is -2.25. The number of nitrogens with zero attached hydrogens (tertiary/aromatic N) is 1. The second-order valence-electron chi connectivity index (χ2n) is 4.14. The molecule has 2 heterocycles. The maximum absolute atomic E-state index is 13.4. The van der Waals surface area contributed by atoms with E-state index in [0.29, 0.717) is 13.0 Å². The van der Waals surface area contributed by atoms with Crippen LogP contribution in [0.4, 0.5) is 4.39 Å². The van der Waals surface area contributed by atoms with E-state index in [4.69, 9.17) is 21.1 Å². The summed E-state index contributed by atoms with van der Waals surface area (Å²) in [4.78, 5) is 25.3. The van der Waals surface area contributed by atoms with Gasteiger partial charge < -0.3 is 9.47 Å². The fraction of sp³-hybridized carbons (Fsp3) is 0.600. The lowest BCUT2D eigenvalue weighted by atomic mass is 10.0. The Bertz CT molecular complexity index is 562. The van der Waals surface area contributed by atoms with Gasteiger partial charge in [0.25, 0.3) is 5.56 Å². The molecule has 1 saturated heterocycles. The van der Waals surface area contributed by atoms with E-state index in [0.717, 1.165) is 4.57 Å². The Morgan fingerprint density at radius 3 is 2.89 bits per heavy atom. The Kier molecular flexibility index (Phi) is 3.56. The third-order valence-electron chi connectivity index (χ3n) is 3.03. The van der Waals surface area contributed by atoms with Crippen LogP contribution in [0.15, 0.2) is 9.59 Å². The van der Waals surface area contributed by atoms with Crippen molar-refractivity contribution in [1.29, 1.82) is 0 Å². The molecular formula is C10H12ClFN2O4. The predicted molar refractivity (Wildman–Crippen MR) is 61.5 cm³/mol. The first-order valence-corrected chi connectivity index (χ1v) is 5.68. The van der Waals surface area contributed by atoms with Gasteiger partial charge in [0.05, 0.1) is 13.2 Å². The second-order valence-corrected chi connectivity index (χ2v) is 4.52. The number of methoxy groups -OCH3 is 1. The van der Waals surface area contributed by atoms with Gasteiger partial charge in [-0.05, 0) is 0 Å². The minimum atomic E-state index is -1.18. The summed E-state index contributed by atoms with van der Waals surface area (Å²) < 4.78 is 24.6. The van der Waals surface area contributed by atoms with Gasteiger partial charge in [-0.1, -0.05) is 11.6 Å². The predicted octanol–water partition coefficient (Wildman–Crippen LogP) is 0.135. The van der Waals surface area contributed by atoms with Crippen molar-refractivity contribution in [2.45, 2.75) is 18.6 Å². The van der Waals surface area contributed by atoms with Crippen LogP contribution in [0, 0.1) is 5.82 Å². The highest BCUT2D eigenvalue weighted by Gasteiger charge is 2.36. The van der Waals surface area contributed by atoms with Crippen molar-refractivity contribution in [3.63, 3.8) is 0 Å². The Morgan fingerprint density at radius 2 is 2.33 bits per heavy atom. The van der Waals surface area contributed by atoms with Crippen LogP contribution in [-0.2, 0) is 16.0 Å². The molecule has 1 aliphatic rings. The van der Waals surface area contributed by atoms with Crippen LogP contribution in [0.2, 0.25) is 5.15 Å². The average Bonchev–Trinajstić information content (AvgIpc) is 2.81. The number of H-pyrrole nitrogens is 1. The summed E-state index contributed by atoms with van der Waals surface area (Å²) >= 11 is 5.38. The van der Waals surface area contributed by atoms with Gasteiger partial charge in [-0.2, -0.15) is 4.39 Å². The van der Waals surface area contributed by atoms with Gasteiger partial charge in [0.2, 0.25) is 5.82 Å². The van der Waals surface area contributed by atoms with E-state index in [9.17, 15) is 14.0 Å². The lowest BCUT2D eigenvalue weighted by molar-refractivity contribution is -0.0311. The summed E-state index contributed by atoms with van der Waals surface area (Å²) in [6.07, 6.45) is 0.527. The molecule has 0 saturated carbocycles. The van der Waals surface area contributed by atoms with Crippen molar-refractivity contribution in [2.75, 3.05) is 20.3 Å². The Labute approximate surface area is 106 Å². The molecule has 2 rings (SSSR count). The molecule has 1 N–H and O–H groups in total. The monoisotopic (exact) mass is 278 g/mol. The fourth-order valence-electron chi connectivity index (χ4n) is 1.89. The summed E-state index contributed by atoms with van der Waals surface area (Å²) in [5.41, 5.74) is -2.61. The van der Waals surface area contributed by atoms with E-state index in [1.165, 1.54) is 7.11 Å². The maximum Gasteiger partial charge on any atom is 0.329 e. The van der Waals surface area contributed by atoms with E-state index in [-0.39, 0.29) is 13.2 Å². The zero-order chi connectivity index (χ0) is 13.3. The quantitative estimate of drug-likeness (QED) is 0.798. The van der Waals surface area contributed by atoms with Crippen LogP contribution >= 0.6 is 11.6 Å². The number of hydrogen-bond acceptors (Lipinski definition) is 4. The van der Waals surface area contributed by atoms with E-state index in [1.54, 1.807) is 0 Å². The summed E-state index contributed by atoms with van der Waals surface area (Å²) in [5.74, 6) is -1.18. The number of rotatable bonds is 3. The SMILES string of the molecule is COC1(Cn2c(=O)[nH]c(Cl)c(F)c2=O)CCOC1. The zero-order valence-corrected chi connectivity index (χ0v) is 10.4. The first-order valence-electron chi connectivity index (χ1n) is 5.30. The molecule has 1 fully saturated rings. The Morgan fingerprint density at radius 1 is 1.61 bits per heavy atom. The smallest absolute Gasteiger partial charge is 0.329 e. The van der Waals surface area contributed by atoms with Gasteiger partial charge in [0.1, 0.15) is 5.60 Å².